The number of likely N-dealkylation sites (tertiary alicyclic amines) is 2. The van der Waals surface area contributed by atoms with E-state index in [4.69, 9.17) is 19.4 Å². The molecule has 11 atom stereocenters. The fourth-order valence-electron chi connectivity index (χ4n) is 13.5. The second kappa shape index (κ2) is 18.2. The number of nitrogens with zero attached hydrogens (tertiary/aromatic N) is 4. The van der Waals surface area contributed by atoms with Crippen LogP contribution in [-0.2, 0) is 19.1 Å². The Morgan fingerprint density at radius 1 is 0.671 bits per heavy atom. The lowest BCUT2D eigenvalue weighted by atomic mass is 9.86. The van der Waals surface area contributed by atoms with Gasteiger partial charge in [0.1, 0.15) is 23.7 Å². The summed E-state index contributed by atoms with van der Waals surface area (Å²) in [6.45, 7) is 10.2. The first-order chi connectivity index (χ1) is 33.8. The molecule has 5 aromatic rings. The van der Waals surface area contributed by atoms with Crippen molar-refractivity contribution >= 4 is 35.0 Å². The second-order valence-corrected chi connectivity index (χ2v) is 21.9. The first kappa shape index (κ1) is 46.2. The van der Waals surface area contributed by atoms with Gasteiger partial charge in [0.2, 0.25) is 11.8 Å². The molecule has 15 nitrogen and oxygen atoms in total. The molecule has 2 saturated carbocycles. The molecular formula is C55H67N9O6. The number of carbonyl (C=O) groups excluding carboxylic acids is 4. The number of ether oxygens (including phenoxy) is 2. The van der Waals surface area contributed by atoms with Crippen LogP contribution in [0.4, 0.5) is 9.59 Å². The number of hydrogen-bond donors (Lipinski definition) is 5. The van der Waals surface area contributed by atoms with Crippen LogP contribution in [0, 0.1) is 29.6 Å². The van der Waals surface area contributed by atoms with Crippen LogP contribution in [0.5, 0.6) is 0 Å². The molecule has 368 valence electrons. The average Bonchev–Trinajstić information content (AvgIpc) is 4.24. The summed E-state index contributed by atoms with van der Waals surface area (Å²) in [4.78, 5) is 74.5. The Morgan fingerprint density at radius 2 is 1.27 bits per heavy atom. The maximum atomic E-state index is 14.4. The van der Waals surface area contributed by atoms with E-state index in [-0.39, 0.29) is 59.9 Å². The van der Waals surface area contributed by atoms with Crippen LogP contribution in [-0.4, -0.2) is 92.1 Å². The Balaban J connectivity index is 0.875. The molecule has 5 N–H and O–H groups in total. The molecule has 2 aliphatic carbocycles. The molecule has 6 heterocycles. The molecule has 4 amide bonds. The number of carbonyl (C=O) groups is 4. The molecule has 6 bridgehead atoms. The lowest BCUT2D eigenvalue weighted by molar-refractivity contribution is -0.142. The van der Waals surface area contributed by atoms with Crippen LogP contribution in [0.1, 0.15) is 139 Å². The van der Waals surface area contributed by atoms with E-state index in [1.807, 2.05) is 43.7 Å². The molecule has 11 unspecified atom stereocenters. The maximum Gasteiger partial charge on any atom is 0.407 e. The smallest absolute Gasteiger partial charge is 0.407 e. The van der Waals surface area contributed by atoms with E-state index in [9.17, 15) is 19.2 Å². The van der Waals surface area contributed by atoms with Gasteiger partial charge in [-0.15, -0.1) is 0 Å². The monoisotopic (exact) mass is 950 g/mol. The van der Waals surface area contributed by atoms with Crippen LogP contribution >= 0.6 is 0 Å². The number of rotatable bonds is 11. The van der Waals surface area contributed by atoms with Gasteiger partial charge in [-0.25, -0.2) is 19.6 Å². The van der Waals surface area contributed by atoms with Crippen molar-refractivity contribution in [2.75, 3.05) is 14.2 Å². The highest BCUT2D eigenvalue weighted by Gasteiger charge is 2.52. The molecule has 0 radical (unpaired) electrons. The predicted octanol–water partition coefficient (Wildman–Crippen LogP) is 9.66. The van der Waals surface area contributed by atoms with Gasteiger partial charge in [-0.2, -0.15) is 0 Å². The van der Waals surface area contributed by atoms with E-state index < -0.39 is 24.3 Å². The largest absolute Gasteiger partial charge is 0.453 e. The minimum absolute atomic E-state index is 0.0779. The fourth-order valence-corrected chi connectivity index (χ4v) is 13.5. The summed E-state index contributed by atoms with van der Waals surface area (Å²) in [5.41, 5.74) is 11.2. The van der Waals surface area contributed by atoms with Crippen molar-refractivity contribution in [3.05, 3.63) is 83.6 Å². The topological polar surface area (TPSA) is 187 Å². The summed E-state index contributed by atoms with van der Waals surface area (Å²) in [6.07, 6.45) is 9.60. The zero-order valence-electron chi connectivity index (χ0n) is 41.4. The Hall–Kier alpha value is -6.22. The summed E-state index contributed by atoms with van der Waals surface area (Å²) < 4.78 is 9.79. The third kappa shape index (κ3) is 8.01. The zero-order chi connectivity index (χ0) is 48.7. The lowest BCUT2D eigenvalue weighted by Crippen LogP contribution is -2.55. The lowest BCUT2D eigenvalue weighted by Gasteiger charge is -2.42. The molecule has 70 heavy (non-hydrogen) atoms. The Kier molecular flexibility index (Phi) is 12.0. The quantitative estimate of drug-likeness (QED) is 0.0860. The van der Waals surface area contributed by atoms with Crippen molar-refractivity contribution in [2.24, 2.45) is 29.6 Å². The van der Waals surface area contributed by atoms with Crippen LogP contribution in [0.2, 0.25) is 0 Å². The van der Waals surface area contributed by atoms with E-state index in [0.717, 1.165) is 103 Å². The molecule has 2 aromatic heterocycles. The van der Waals surface area contributed by atoms with Crippen LogP contribution in [0.15, 0.2) is 60.8 Å². The van der Waals surface area contributed by atoms with Crippen molar-refractivity contribution < 1.29 is 28.7 Å². The van der Waals surface area contributed by atoms with Crippen molar-refractivity contribution in [1.82, 2.24) is 45.7 Å². The van der Waals surface area contributed by atoms with Gasteiger partial charge in [0.25, 0.3) is 0 Å². The van der Waals surface area contributed by atoms with Gasteiger partial charge < -0.3 is 45.2 Å². The van der Waals surface area contributed by atoms with Crippen molar-refractivity contribution in [3.8, 4) is 33.5 Å². The SMILES string of the molecule is COC(=O)NC(C(=O)N1C2CCC(C2)CC1c1nc2ccc(-c3ccc(-c4ccc(-c5cnc(C6C7CCC(C7)N6C(=O)C(NC(=O)OC)C(C)C)[nH]5)cc4)c4c3C3CC(C)CC4N3)cc2[nH]1)C(C)C. The number of amides is 4. The van der Waals surface area contributed by atoms with Gasteiger partial charge in [0.05, 0.1) is 49.2 Å². The van der Waals surface area contributed by atoms with Gasteiger partial charge in [0.15, 0.2) is 0 Å². The number of aromatic amines is 2. The molecular weight excluding hydrogens is 883 g/mol. The van der Waals surface area contributed by atoms with E-state index in [2.05, 4.69) is 87.4 Å². The first-order valence-corrected chi connectivity index (χ1v) is 25.7. The van der Waals surface area contributed by atoms with Gasteiger partial charge in [-0.05, 0) is 138 Å². The van der Waals surface area contributed by atoms with E-state index in [1.165, 1.54) is 36.5 Å². The summed E-state index contributed by atoms with van der Waals surface area (Å²) in [5, 5.41) is 9.62. The van der Waals surface area contributed by atoms with Crippen LogP contribution < -0.4 is 16.0 Å². The number of methoxy groups -OCH3 is 2. The number of piperidine rings is 3. The highest BCUT2D eigenvalue weighted by atomic mass is 16.5. The summed E-state index contributed by atoms with van der Waals surface area (Å²) in [6, 6.07) is 18.8. The Labute approximate surface area is 409 Å². The van der Waals surface area contributed by atoms with Crippen molar-refractivity contribution in [1.29, 1.82) is 0 Å². The highest BCUT2D eigenvalue weighted by Crippen LogP contribution is 2.53. The Morgan fingerprint density at radius 3 is 1.93 bits per heavy atom. The van der Waals surface area contributed by atoms with Crippen molar-refractivity contribution in [3.63, 3.8) is 0 Å². The number of alkyl carbamates (subject to hydrolysis) is 2. The molecule has 11 rings (SSSR count). The molecule has 5 fully saturated rings. The molecule has 15 heteroatoms. The average molecular weight is 950 g/mol. The van der Waals surface area contributed by atoms with Gasteiger partial charge >= 0.3 is 12.2 Å². The number of H-pyrrole nitrogens is 2. The number of nitrogens with one attached hydrogen (secondary N) is 5. The number of benzene rings is 3. The van der Waals surface area contributed by atoms with Gasteiger partial charge in [0, 0.05) is 24.2 Å². The third-order valence-corrected chi connectivity index (χ3v) is 16.8. The number of imidazole rings is 2. The van der Waals surface area contributed by atoms with E-state index in [1.54, 1.807) is 0 Å². The Bertz CT molecular complexity index is 2840. The molecule has 3 saturated heterocycles. The van der Waals surface area contributed by atoms with E-state index >= 15 is 0 Å². The normalized spacial score (nSPS) is 27.2. The van der Waals surface area contributed by atoms with E-state index in [0.29, 0.717) is 17.8 Å². The van der Waals surface area contributed by atoms with Gasteiger partial charge in [-0.3, -0.25) is 9.59 Å². The maximum absolute atomic E-state index is 14.4. The molecule has 0 spiro atoms. The predicted molar refractivity (Wildman–Crippen MR) is 266 cm³/mol. The number of aromatic nitrogens is 4. The fraction of sp³-hybridized carbons (Fsp3) is 0.527. The second-order valence-electron chi connectivity index (χ2n) is 21.9. The first-order valence-electron chi connectivity index (χ1n) is 25.7. The minimum Gasteiger partial charge on any atom is -0.453 e. The summed E-state index contributed by atoms with van der Waals surface area (Å²) in [7, 11) is 2.64. The molecule has 4 aliphatic heterocycles. The number of hydrogen-bond acceptors (Lipinski definition) is 9. The standard InChI is InChI=1S/C55H67N9O6/c1-27(2)47(61-54(67)69-6)52(65)63-35-15-8-30(22-35)23-44(63)50-58-39-19-14-33(25-40(39)59-50)38-18-17-37(45-41-20-29(5)21-42(57-41)46(38)45)31-9-11-32(12-10-31)43-26-56-51(60-43)49-34-13-16-36(24-34)64(49)53(66)48(28(3)4)62-55(68)70-7/h9-12,14,17-19,25-30,34-36,41-42,44,47-49,57H,8,13,15-16,20-24H2,1-7H3,(H,56,60)(H,58,59)(H,61,67)(H,62,68). The molecule has 6 aliphatic rings. The number of fused-ring (bicyclic) bond motifs is 10. The van der Waals surface area contributed by atoms with Gasteiger partial charge in [-0.1, -0.05) is 77.1 Å². The summed E-state index contributed by atoms with van der Waals surface area (Å²) >= 11 is 0. The zero-order valence-corrected chi connectivity index (χ0v) is 41.4. The van der Waals surface area contributed by atoms with Crippen LogP contribution in [0.3, 0.4) is 0 Å². The molecule has 3 aromatic carbocycles. The summed E-state index contributed by atoms with van der Waals surface area (Å²) in [5.74, 6) is 2.62. The van der Waals surface area contributed by atoms with Crippen LogP contribution in [0.25, 0.3) is 44.5 Å². The van der Waals surface area contributed by atoms with Crippen molar-refractivity contribution in [2.45, 2.75) is 141 Å². The highest BCUT2D eigenvalue weighted by molar-refractivity contribution is 5.89. The third-order valence-electron chi connectivity index (χ3n) is 16.8. The minimum atomic E-state index is -0.696.